The number of urea groups is 1. The van der Waals surface area contributed by atoms with Gasteiger partial charge in [-0.1, -0.05) is 11.6 Å². The minimum absolute atomic E-state index is 0.0163. The van der Waals surface area contributed by atoms with Gasteiger partial charge < -0.3 is 15.1 Å². The minimum Gasteiger partial charge on any atom is -0.353 e. The summed E-state index contributed by atoms with van der Waals surface area (Å²) in [6.45, 7) is 3.00. The molecule has 0 spiro atoms. The van der Waals surface area contributed by atoms with Gasteiger partial charge in [0.15, 0.2) is 0 Å². The lowest BCUT2D eigenvalue weighted by atomic mass is 9.93. The molecule has 0 bridgehead atoms. The monoisotopic (exact) mass is 450 g/mol. The maximum atomic E-state index is 13.5. The minimum atomic E-state index is -0.671. The molecule has 0 aromatic heterocycles. The molecule has 31 heavy (non-hydrogen) atoms. The van der Waals surface area contributed by atoms with Crippen LogP contribution in [-0.4, -0.2) is 65.3 Å². The molecule has 0 radical (unpaired) electrons. The van der Waals surface area contributed by atoms with E-state index in [1.54, 1.807) is 4.90 Å². The number of likely N-dealkylation sites (tertiary alicyclic amines) is 1. The number of nitrogens with one attached hydrogen (secondary N) is 1. The second-order valence-corrected chi connectivity index (χ2v) is 8.68. The highest BCUT2D eigenvalue weighted by atomic mass is 35.5. The van der Waals surface area contributed by atoms with E-state index in [0.717, 1.165) is 11.0 Å². The molecular formula is C21H24ClFN4O4. The summed E-state index contributed by atoms with van der Waals surface area (Å²) < 4.78 is 13.5. The van der Waals surface area contributed by atoms with Gasteiger partial charge in [0.25, 0.3) is 5.91 Å². The Morgan fingerprint density at radius 3 is 2.48 bits per heavy atom. The van der Waals surface area contributed by atoms with Gasteiger partial charge in [0, 0.05) is 38.5 Å². The van der Waals surface area contributed by atoms with E-state index in [2.05, 4.69) is 5.32 Å². The van der Waals surface area contributed by atoms with Crippen molar-refractivity contribution in [2.75, 3.05) is 24.5 Å². The van der Waals surface area contributed by atoms with Gasteiger partial charge in [-0.2, -0.15) is 0 Å². The number of halogens is 2. The molecule has 1 aromatic carbocycles. The van der Waals surface area contributed by atoms with Crippen LogP contribution in [0.2, 0.25) is 5.02 Å². The van der Waals surface area contributed by atoms with E-state index < -0.39 is 23.8 Å². The molecule has 3 saturated heterocycles. The Morgan fingerprint density at radius 1 is 1.13 bits per heavy atom. The average molecular weight is 451 g/mol. The highest BCUT2D eigenvalue weighted by Crippen LogP contribution is 2.33. The van der Waals surface area contributed by atoms with Crippen molar-refractivity contribution >= 4 is 41.0 Å². The summed E-state index contributed by atoms with van der Waals surface area (Å²) in [7, 11) is 0. The first-order valence-electron chi connectivity index (χ1n) is 10.4. The van der Waals surface area contributed by atoms with E-state index in [1.807, 2.05) is 0 Å². The molecule has 2 unspecified atom stereocenters. The SMILES string of the molecule is CC(=O)N1CCC(C(=O)NC2CCN3C(=O)N(c4ccc(F)c(Cl)c4)C(=O)C3C2)CC1. The normalized spacial score (nSPS) is 24.4. The highest BCUT2D eigenvalue weighted by Gasteiger charge is 2.49. The zero-order valence-corrected chi connectivity index (χ0v) is 17.9. The standard InChI is InChI=1S/C21H24ClFN4O4/c1-12(28)25-7-4-13(5-8-25)19(29)24-14-6-9-26-18(10-14)20(30)27(21(26)31)15-2-3-17(23)16(22)11-15/h2-3,11,13-14,18H,4-10H2,1H3,(H,24,29). The van der Waals surface area contributed by atoms with Crippen LogP contribution in [0.15, 0.2) is 18.2 Å². The van der Waals surface area contributed by atoms with Gasteiger partial charge in [-0.05, 0) is 43.9 Å². The number of imide groups is 1. The Morgan fingerprint density at radius 2 is 1.84 bits per heavy atom. The van der Waals surface area contributed by atoms with E-state index in [0.29, 0.717) is 45.3 Å². The van der Waals surface area contributed by atoms with Crippen LogP contribution in [0.25, 0.3) is 0 Å². The molecule has 5 amide bonds. The molecule has 4 rings (SSSR count). The van der Waals surface area contributed by atoms with Gasteiger partial charge in [0.2, 0.25) is 11.8 Å². The smallest absolute Gasteiger partial charge is 0.332 e. The summed E-state index contributed by atoms with van der Waals surface area (Å²) in [6.07, 6.45) is 2.11. The van der Waals surface area contributed by atoms with Crippen LogP contribution in [0.3, 0.4) is 0 Å². The van der Waals surface area contributed by atoms with E-state index >= 15 is 0 Å². The number of piperidine rings is 2. The zero-order valence-electron chi connectivity index (χ0n) is 17.1. The zero-order chi connectivity index (χ0) is 22.3. The fourth-order valence-electron chi connectivity index (χ4n) is 4.57. The van der Waals surface area contributed by atoms with Crippen LogP contribution in [-0.2, 0) is 14.4 Å². The van der Waals surface area contributed by atoms with Gasteiger partial charge in [-0.3, -0.25) is 14.4 Å². The number of hydrogen-bond acceptors (Lipinski definition) is 4. The van der Waals surface area contributed by atoms with Crippen molar-refractivity contribution in [1.82, 2.24) is 15.1 Å². The number of fused-ring (bicyclic) bond motifs is 1. The summed E-state index contributed by atoms with van der Waals surface area (Å²) in [5, 5.41) is 2.87. The number of anilines is 1. The summed E-state index contributed by atoms with van der Waals surface area (Å²) in [6, 6.07) is 2.39. The Kier molecular flexibility index (Phi) is 5.88. The van der Waals surface area contributed by atoms with Crippen LogP contribution in [0.5, 0.6) is 0 Å². The van der Waals surface area contributed by atoms with Gasteiger partial charge in [0.05, 0.1) is 10.7 Å². The molecule has 0 saturated carbocycles. The maximum absolute atomic E-state index is 13.5. The third-order valence-corrected chi connectivity index (χ3v) is 6.65. The molecule has 1 aromatic rings. The summed E-state index contributed by atoms with van der Waals surface area (Å²) >= 11 is 5.81. The number of rotatable bonds is 3. The molecule has 166 valence electrons. The Hall–Kier alpha value is -2.68. The largest absolute Gasteiger partial charge is 0.353 e. The average Bonchev–Trinajstić information content (AvgIpc) is 3.00. The number of nitrogens with zero attached hydrogens (tertiary/aromatic N) is 3. The first kappa shape index (κ1) is 21.5. The van der Waals surface area contributed by atoms with Crippen molar-refractivity contribution in [3.8, 4) is 0 Å². The fourth-order valence-corrected chi connectivity index (χ4v) is 4.74. The van der Waals surface area contributed by atoms with Gasteiger partial charge in [-0.25, -0.2) is 14.1 Å². The van der Waals surface area contributed by atoms with E-state index in [-0.39, 0.29) is 34.5 Å². The molecule has 3 heterocycles. The van der Waals surface area contributed by atoms with Crippen molar-refractivity contribution < 1.29 is 23.6 Å². The molecule has 3 aliphatic rings. The van der Waals surface area contributed by atoms with E-state index in [9.17, 15) is 23.6 Å². The van der Waals surface area contributed by atoms with Crippen molar-refractivity contribution in [1.29, 1.82) is 0 Å². The maximum Gasteiger partial charge on any atom is 0.332 e. The Balaban J connectivity index is 1.39. The summed E-state index contributed by atoms with van der Waals surface area (Å²) in [5.41, 5.74) is 0.230. The molecule has 10 heteroatoms. The van der Waals surface area contributed by atoms with Gasteiger partial charge in [0.1, 0.15) is 11.9 Å². The summed E-state index contributed by atoms with van der Waals surface area (Å²) in [5.74, 6) is -1.24. The highest BCUT2D eigenvalue weighted by molar-refractivity contribution is 6.31. The number of carbonyl (C=O) groups is 4. The molecule has 3 aliphatic heterocycles. The number of benzene rings is 1. The molecule has 3 fully saturated rings. The second kappa shape index (κ2) is 8.45. The van der Waals surface area contributed by atoms with Crippen molar-refractivity contribution in [2.45, 2.75) is 44.7 Å². The number of hydrogen-bond donors (Lipinski definition) is 1. The quantitative estimate of drug-likeness (QED) is 0.714. The molecule has 0 aliphatic carbocycles. The number of amides is 5. The predicted molar refractivity (Wildman–Crippen MR) is 111 cm³/mol. The Labute approximate surface area is 184 Å². The lowest BCUT2D eigenvalue weighted by Crippen LogP contribution is -2.51. The van der Waals surface area contributed by atoms with Crippen molar-refractivity contribution in [3.05, 3.63) is 29.0 Å². The molecule has 8 nitrogen and oxygen atoms in total. The molecular weight excluding hydrogens is 427 g/mol. The van der Waals surface area contributed by atoms with Crippen LogP contribution in [0, 0.1) is 11.7 Å². The van der Waals surface area contributed by atoms with Crippen molar-refractivity contribution in [2.24, 2.45) is 5.92 Å². The topological polar surface area (TPSA) is 90.0 Å². The van der Waals surface area contributed by atoms with Crippen LogP contribution < -0.4 is 10.2 Å². The molecule has 2 atom stereocenters. The first-order chi connectivity index (χ1) is 14.8. The lowest BCUT2D eigenvalue weighted by Gasteiger charge is -2.35. The first-order valence-corrected chi connectivity index (χ1v) is 10.8. The second-order valence-electron chi connectivity index (χ2n) is 8.27. The predicted octanol–water partition coefficient (Wildman–Crippen LogP) is 2.15. The van der Waals surface area contributed by atoms with Crippen molar-refractivity contribution in [3.63, 3.8) is 0 Å². The lowest BCUT2D eigenvalue weighted by molar-refractivity contribution is -0.134. The van der Waals surface area contributed by atoms with E-state index in [1.165, 1.54) is 24.0 Å². The summed E-state index contributed by atoms with van der Waals surface area (Å²) in [4.78, 5) is 54.1. The molecule has 1 N–H and O–H groups in total. The van der Waals surface area contributed by atoms with Crippen LogP contribution in [0.1, 0.15) is 32.6 Å². The van der Waals surface area contributed by atoms with Gasteiger partial charge in [-0.15, -0.1) is 0 Å². The van der Waals surface area contributed by atoms with E-state index in [4.69, 9.17) is 11.6 Å². The fraction of sp³-hybridized carbons (Fsp3) is 0.524. The number of carbonyl (C=O) groups excluding carboxylic acids is 4. The van der Waals surface area contributed by atoms with Gasteiger partial charge >= 0.3 is 6.03 Å². The Bertz CT molecular complexity index is 934. The van der Waals surface area contributed by atoms with Crippen LogP contribution >= 0.6 is 11.6 Å². The third kappa shape index (κ3) is 4.11. The van der Waals surface area contributed by atoms with Crippen LogP contribution in [0.4, 0.5) is 14.9 Å². The third-order valence-electron chi connectivity index (χ3n) is 6.36.